The molecule has 0 aliphatic rings. The van der Waals surface area contributed by atoms with E-state index in [4.69, 9.17) is 0 Å². The van der Waals surface area contributed by atoms with E-state index in [-0.39, 0.29) is 17.0 Å². The first-order valence-electron chi connectivity index (χ1n) is 8.73. The minimum Gasteiger partial charge on any atom is -0.350 e. The lowest BCUT2D eigenvalue weighted by molar-refractivity contribution is 0.0953. The van der Waals surface area contributed by atoms with Crippen LogP contribution in [0.15, 0.2) is 76.4 Å². The molecule has 150 valence electrons. The van der Waals surface area contributed by atoms with Crippen molar-refractivity contribution < 1.29 is 17.6 Å². The molecule has 1 aromatic heterocycles. The van der Waals surface area contributed by atoms with Crippen LogP contribution in [0.2, 0.25) is 0 Å². The van der Waals surface area contributed by atoms with Gasteiger partial charge in [0.2, 0.25) is 0 Å². The van der Waals surface area contributed by atoms with E-state index in [2.05, 4.69) is 26.2 Å². The van der Waals surface area contributed by atoms with Crippen molar-refractivity contribution in [1.82, 2.24) is 10.3 Å². The van der Waals surface area contributed by atoms with Crippen molar-refractivity contribution in [2.75, 3.05) is 6.54 Å². The molecular weight excluding hydrogens is 459 g/mol. The Morgan fingerprint density at radius 2 is 1.93 bits per heavy atom. The third-order valence-corrected chi connectivity index (χ3v) is 7.25. The van der Waals surface area contributed by atoms with Crippen molar-refractivity contribution in [3.63, 3.8) is 0 Å². The number of nitrogens with one attached hydrogen (secondary N) is 1. The fourth-order valence-electron chi connectivity index (χ4n) is 2.86. The first-order valence-corrected chi connectivity index (χ1v) is 11.1. The van der Waals surface area contributed by atoms with Crippen LogP contribution in [-0.2, 0) is 9.84 Å². The molecule has 1 amide bonds. The molecule has 2 aromatic carbocycles. The second-order valence-corrected chi connectivity index (χ2v) is 9.41. The number of rotatable bonds is 6. The van der Waals surface area contributed by atoms with Crippen LogP contribution < -0.4 is 5.32 Å². The van der Waals surface area contributed by atoms with Crippen molar-refractivity contribution >= 4 is 31.7 Å². The van der Waals surface area contributed by atoms with Crippen LogP contribution in [0.4, 0.5) is 4.39 Å². The average Bonchev–Trinajstić information content (AvgIpc) is 2.71. The molecule has 0 fully saturated rings. The number of hydrogen-bond donors (Lipinski definition) is 1. The lowest BCUT2D eigenvalue weighted by Crippen LogP contribution is -2.32. The molecule has 0 aliphatic carbocycles. The summed E-state index contributed by atoms with van der Waals surface area (Å²) in [7, 11) is -3.91. The number of carbonyl (C=O) groups excluding carboxylic acids is 1. The lowest BCUT2D eigenvalue weighted by Gasteiger charge is -2.19. The van der Waals surface area contributed by atoms with Gasteiger partial charge in [0.15, 0.2) is 9.84 Å². The summed E-state index contributed by atoms with van der Waals surface area (Å²) < 4.78 is 40.8. The summed E-state index contributed by atoms with van der Waals surface area (Å²) in [6.45, 7) is 1.34. The number of carbonyl (C=O) groups is 1. The summed E-state index contributed by atoms with van der Waals surface area (Å²) >= 11 is 3.32. The lowest BCUT2D eigenvalue weighted by atomic mass is 10.2. The third kappa shape index (κ3) is 4.71. The molecule has 3 aromatic rings. The zero-order chi connectivity index (χ0) is 21.0. The Morgan fingerprint density at radius 3 is 2.59 bits per heavy atom. The maximum Gasteiger partial charge on any atom is 0.252 e. The summed E-state index contributed by atoms with van der Waals surface area (Å²) in [5, 5.41) is 1.61. The number of hydrogen-bond acceptors (Lipinski definition) is 4. The van der Waals surface area contributed by atoms with E-state index in [1.165, 1.54) is 31.5 Å². The fraction of sp³-hybridized carbons (Fsp3) is 0.143. The monoisotopic (exact) mass is 476 g/mol. The van der Waals surface area contributed by atoms with Crippen molar-refractivity contribution in [2.24, 2.45) is 0 Å². The largest absolute Gasteiger partial charge is 0.350 e. The Labute approximate surface area is 177 Å². The van der Waals surface area contributed by atoms with Gasteiger partial charge in [-0.2, -0.15) is 0 Å². The van der Waals surface area contributed by atoms with Crippen molar-refractivity contribution in [2.45, 2.75) is 17.1 Å². The van der Waals surface area contributed by atoms with E-state index in [0.29, 0.717) is 15.6 Å². The standard InChI is InChI=1S/C21H18BrFN2O3S/c1-14-11-16(8-9-19(14)23)29(27,28)20(15-5-4-10-24-12-15)13-25-21(26)17-6-2-3-7-18(17)22/h2-12,20H,13H2,1H3,(H,25,26). The normalized spacial score (nSPS) is 12.4. The number of benzene rings is 2. The zero-order valence-electron chi connectivity index (χ0n) is 15.5. The van der Waals surface area contributed by atoms with E-state index in [1.54, 1.807) is 36.4 Å². The average molecular weight is 477 g/mol. The Bertz CT molecular complexity index is 1140. The first-order chi connectivity index (χ1) is 13.8. The number of aromatic nitrogens is 1. The highest BCUT2D eigenvalue weighted by molar-refractivity contribution is 9.10. The number of halogens is 2. The van der Waals surface area contributed by atoms with Crippen LogP contribution in [-0.4, -0.2) is 25.9 Å². The molecular formula is C21H18BrFN2O3S. The Morgan fingerprint density at radius 1 is 1.17 bits per heavy atom. The molecule has 5 nitrogen and oxygen atoms in total. The zero-order valence-corrected chi connectivity index (χ0v) is 17.9. The highest BCUT2D eigenvalue weighted by atomic mass is 79.9. The summed E-state index contributed by atoms with van der Waals surface area (Å²) in [5.41, 5.74) is 1.06. The van der Waals surface area contributed by atoms with Crippen LogP contribution in [0.3, 0.4) is 0 Å². The topological polar surface area (TPSA) is 76.1 Å². The van der Waals surface area contributed by atoms with Crippen molar-refractivity contribution in [3.05, 3.63) is 94.0 Å². The van der Waals surface area contributed by atoms with Crippen LogP contribution >= 0.6 is 15.9 Å². The number of aryl methyl sites for hydroxylation is 1. The fourth-order valence-corrected chi connectivity index (χ4v) is 5.05. The van der Waals surface area contributed by atoms with Gasteiger partial charge >= 0.3 is 0 Å². The molecule has 0 bridgehead atoms. The summed E-state index contributed by atoms with van der Waals surface area (Å²) in [6, 6.07) is 13.8. The first kappa shape index (κ1) is 21.1. The van der Waals surface area contributed by atoms with E-state index in [9.17, 15) is 17.6 Å². The van der Waals surface area contributed by atoms with E-state index >= 15 is 0 Å². The predicted octanol–water partition coefficient (Wildman–Crippen LogP) is 4.24. The Hall–Kier alpha value is -2.58. The van der Waals surface area contributed by atoms with Gasteiger partial charge < -0.3 is 5.32 Å². The maximum atomic E-state index is 13.6. The molecule has 1 atom stereocenters. The van der Waals surface area contributed by atoms with Crippen LogP contribution in [0, 0.1) is 12.7 Å². The van der Waals surface area contributed by atoms with Crippen LogP contribution in [0.5, 0.6) is 0 Å². The second-order valence-electron chi connectivity index (χ2n) is 6.42. The van der Waals surface area contributed by atoms with Gasteiger partial charge in [0.25, 0.3) is 5.91 Å². The smallest absolute Gasteiger partial charge is 0.252 e. The van der Waals surface area contributed by atoms with E-state index < -0.39 is 26.8 Å². The Balaban J connectivity index is 1.94. The van der Waals surface area contributed by atoms with Gasteiger partial charge in [0, 0.05) is 23.4 Å². The van der Waals surface area contributed by atoms with Gasteiger partial charge in [-0.05, 0) is 70.4 Å². The maximum absolute atomic E-state index is 13.6. The SMILES string of the molecule is Cc1cc(S(=O)(=O)C(CNC(=O)c2ccccc2Br)c2cccnc2)ccc1F. The highest BCUT2D eigenvalue weighted by Crippen LogP contribution is 2.29. The second kappa shape index (κ2) is 8.84. The predicted molar refractivity (Wildman–Crippen MR) is 112 cm³/mol. The molecule has 0 radical (unpaired) electrons. The van der Waals surface area contributed by atoms with Gasteiger partial charge in [-0.3, -0.25) is 9.78 Å². The summed E-state index contributed by atoms with van der Waals surface area (Å²) in [4.78, 5) is 16.5. The molecule has 1 N–H and O–H groups in total. The van der Waals surface area contributed by atoms with E-state index in [0.717, 1.165) is 6.07 Å². The minimum absolute atomic E-state index is 0.0135. The van der Waals surface area contributed by atoms with Crippen LogP contribution in [0.1, 0.15) is 26.7 Å². The molecule has 1 unspecified atom stereocenters. The molecule has 8 heteroatoms. The minimum atomic E-state index is -3.91. The third-order valence-electron chi connectivity index (χ3n) is 4.46. The summed E-state index contributed by atoms with van der Waals surface area (Å²) in [6.07, 6.45) is 2.98. The van der Waals surface area contributed by atoms with Crippen molar-refractivity contribution in [3.8, 4) is 0 Å². The number of sulfone groups is 1. The molecule has 1 heterocycles. The number of nitrogens with zero attached hydrogens (tertiary/aromatic N) is 1. The Kier molecular flexibility index (Phi) is 6.44. The molecule has 0 spiro atoms. The van der Waals surface area contributed by atoms with Crippen molar-refractivity contribution in [1.29, 1.82) is 0 Å². The molecule has 29 heavy (non-hydrogen) atoms. The van der Waals surface area contributed by atoms with Crippen LogP contribution in [0.25, 0.3) is 0 Å². The number of amides is 1. The van der Waals surface area contributed by atoms with Gasteiger partial charge in [-0.15, -0.1) is 0 Å². The molecule has 3 rings (SSSR count). The summed E-state index contributed by atoms with van der Waals surface area (Å²) in [5.74, 6) is -0.888. The van der Waals surface area contributed by atoms with Gasteiger partial charge in [0.05, 0.1) is 10.5 Å². The van der Waals surface area contributed by atoms with Gasteiger partial charge in [0.1, 0.15) is 11.1 Å². The highest BCUT2D eigenvalue weighted by Gasteiger charge is 2.30. The van der Waals surface area contributed by atoms with Gasteiger partial charge in [-0.1, -0.05) is 18.2 Å². The van der Waals surface area contributed by atoms with E-state index in [1.807, 2.05) is 0 Å². The molecule has 0 saturated heterocycles. The molecule has 0 aliphatic heterocycles. The quantitative estimate of drug-likeness (QED) is 0.539. The molecule has 0 saturated carbocycles. The van der Waals surface area contributed by atoms with Gasteiger partial charge in [-0.25, -0.2) is 12.8 Å². The number of pyridine rings is 1.